The molecule has 5 nitrogen and oxygen atoms in total. The maximum absolute atomic E-state index is 11.8. The smallest absolute Gasteiger partial charge is 0.293 e. The van der Waals surface area contributed by atoms with Crippen molar-refractivity contribution in [2.45, 2.75) is 20.3 Å². The van der Waals surface area contributed by atoms with Crippen molar-refractivity contribution < 1.29 is 9.21 Å². The average molecular weight is 330 g/mol. The molecule has 0 fully saturated rings. The van der Waals surface area contributed by atoms with Crippen molar-refractivity contribution in [1.82, 2.24) is 10.2 Å². The SMILES string of the molecule is CC(C)Cc1nnc(NC(=O)c2ccc(Br)o2)s1. The second kappa shape index (κ2) is 5.62. The summed E-state index contributed by atoms with van der Waals surface area (Å²) in [6, 6.07) is 3.26. The Balaban J connectivity index is 2.01. The van der Waals surface area contributed by atoms with Gasteiger partial charge in [0, 0.05) is 6.42 Å². The number of carbonyl (C=O) groups is 1. The van der Waals surface area contributed by atoms with Crippen LogP contribution in [0.15, 0.2) is 21.2 Å². The summed E-state index contributed by atoms with van der Waals surface area (Å²) in [7, 11) is 0. The quantitative estimate of drug-likeness (QED) is 0.933. The zero-order valence-electron chi connectivity index (χ0n) is 9.94. The highest BCUT2D eigenvalue weighted by atomic mass is 79.9. The number of amides is 1. The Labute approximate surface area is 117 Å². The Bertz CT molecular complexity index is 550. The van der Waals surface area contributed by atoms with E-state index in [1.807, 2.05) is 0 Å². The van der Waals surface area contributed by atoms with Crippen LogP contribution in [0.3, 0.4) is 0 Å². The monoisotopic (exact) mass is 329 g/mol. The Morgan fingerprint density at radius 2 is 2.28 bits per heavy atom. The van der Waals surface area contributed by atoms with E-state index in [9.17, 15) is 4.79 Å². The summed E-state index contributed by atoms with van der Waals surface area (Å²) in [4.78, 5) is 11.8. The number of hydrogen-bond acceptors (Lipinski definition) is 5. The number of carbonyl (C=O) groups excluding carboxylic acids is 1. The molecule has 0 saturated carbocycles. The van der Waals surface area contributed by atoms with E-state index in [2.05, 4.69) is 45.3 Å². The number of rotatable bonds is 4. The first-order valence-corrected chi connectivity index (χ1v) is 7.04. The Morgan fingerprint density at radius 1 is 1.50 bits per heavy atom. The average Bonchev–Trinajstić information content (AvgIpc) is 2.87. The molecule has 0 atom stereocenters. The van der Waals surface area contributed by atoms with E-state index < -0.39 is 0 Å². The van der Waals surface area contributed by atoms with E-state index in [4.69, 9.17) is 4.42 Å². The van der Waals surface area contributed by atoms with Gasteiger partial charge in [0.05, 0.1) is 0 Å². The number of hydrogen-bond donors (Lipinski definition) is 1. The third-order valence-corrected chi connectivity index (χ3v) is 3.35. The molecule has 18 heavy (non-hydrogen) atoms. The van der Waals surface area contributed by atoms with Gasteiger partial charge in [-0.15, -0.1) is 10.2 Å². The summed E-state index contributed by atoms with van der Waals surface area (Å²) >= 11 is 4.53. The fraction of sp³-hybridized carbons (Fsp3) is 0.364. The molecule has 2 aromatic rings. The molecule has 0 bridgehead atoms. The normalized spacial score (nSPS) is 10.9. The lowest BCUT2D eigenvalue weighted by Crippen LogP contribution is -2.10. The van der Waals surface area contributed by atoms with Gasteiger partial charge >= 0.3 is 0 Å². The van der Waals surface area contributed by atoms with E-state index in [0.717, 1.165) is 11.4 Å². The van der Waals surface area contributed by atoms with Crippen molar-refractivity contribution in [3.8, 4) is 0 Å². The van der Waals surface area contributed by atoms with E-state index in [0.29, 0.717) is 15.7 Å². The van der Waals surface area contributed by atoms with Crippen LogP contribution in [-0.2, 0) is 6.42 Å². The van der Waals surface area contributed by atoms with Crippen LogP contribution in [-0.4, -0.2) is 16.1 Å². The standard InChI is InChI=1S/C11H12BrN3O2S/c1-6(2)5-9-14-15-11(18-9)13-10(16)7-3-4-8(12)17-7/h3-4,6H,5H2,1-2H3,(H,13,15,16). The van der Waals surface area contributed by atoms with Gasteiger partial charge in [0.15, 0.2) is 10.4 Å². The molecule has 2 heterocycles. The summed E-state index contributed by atoms with van der Waals surface area (Å²) in [6.07, 6.45) is 0.861. The number of halogens is 1. The van der Waals surface area contributed by atoms with Gasteiger partial charge in [-0.3, -0.25) is 10.1 Å². The number of nitrogens with zero attached hydrogens (tertiary/aromatic N) is 2. The van der Waals surface area contributed by atoms with Gasteiger partial charge in [0.1, 0.15) is 5.01 Å². The van der Waals surface area contributed by atoms with Crippen molar-refractivity contribution in [3.05, 3.63) is 27.6 Å². The van der Waals surface area contributed by atoms with Gasteiger partial charge < -0.3 is 4.42 Å². The molecule has 1 amide bonds. The van der Waals surface area contributed by atoms with Crippen LogP contribution in [0, 0.1) is 5.92 Å². The van der Waals surface area contributed by atoms with Gasteiger partial charge in [-0.1, -0.05) is 25.2 Å². The molecule has 2 aromatic heterocycles. The van der Waals surface area contributed by atoms with Crippen LogP contribution in [0.1, 0.15) is 29.4 Å². The van der Waals surface area contributed by atoms with Gasteiger partial charge in [-0.05, 0) is 34.0 Å². The molecule has 0 aliphatic rings. The predicted molar refractivity (Wildman–Crippen MR) is 72.8 cm³/mol. The van der Waals surface area contributed by atoms with Crippen LogP contribution >= 0.6 is 27.3 Å². The van der Waals surface area contributed by atoms with E-state index in [1.165, 1.54) is 11.3 Å². The molecule has 0 radical (unpaired) electrons. The van der Waals surface area contributed by atoms with Gasteiger partial charge in [-0.25, -0.2) is 0 Å². The molecule has 0 aliphatic carbocycles. The van der Waals surface area contributed by atoms with Crippen LogP contribution < -0.4 is 5.32 Å². The second-order valence-electron chi connectivity index (χ2n) is 4.16. The van der Waals surface area contributed by atoms with Crippen molar-refractivity contribution in [2.75, 3.05) is 5.32 Å². The van der Waals surface area contributed by atoms with Crippen molar-refractivity contribution in [2.24, 2.45) is 5.92 Å². The third-order valence-electron chi connectivity index (χ3n) is 2.07. The molecule has 0 saturated heterocycles. The maximum atomic E-state index is 11.8. The van der Waals surface area contributed by atoms with E-state index in [-0.39, 0.29) is 11.7 Å². The topological polar surface area (TPSA) is 68.0 Å². The van der Waals surface area contributed by atoms with Gasteiger partial charge in [-0.2, -0.15) is 0 Å². The first kappa shape index (κ1) is 13.2. The van der Waals surface area contributed by atoms with Crippen molar-refractivity contribution in [1.29, 1.82) is 0 Å². The highest BCUT2D eigenvalue weighted by Crippen LogP contribution is 2.20. The lowest BCUT2D eigenvalue weighted by molar-refractivity contribution is 0.0995. The Kier molecular flexibility index (Phi) is 4.13. The molecule has 0 aromatic carbocycles. The summed E-state index contributed by atoms with van der Waals surface area (Å²) in [5.74, 6) is 0.429. The molecule has 96 valence electrons. The molecule has 2 rings (SSSR count). The summed E-state index contributed by atoms with van der Waals surface area (Å²) < 4.78 is 5.67. The lowest BCUT2D eigenvalue weighted by Gasteiger charge is -1.98. The zero-order valence-corrected chi connectivity index (χ0v) is 12.3. The van der Waals surface area contributed by atoms with Crippen molar-refractivity contribution in [3.63, 3.8) is 0 Å². The van der Waals surface area contributed by atoms with Crippen LogP contribution in [0.25, 0.3) is 0 Å². The first-order valence-electron chi connectivity index (χ1n) is 5.43. The number of anilines is 1. The Hall–Kier alpha value is -1.21. The highest BCUT2D eigenvalue weighted by molar-refractivity contribution is 9.10. The highest BCUT2D eigenvalue weighted by Gasteiger charge is 2.13. The minimum Gasteiger partial charge on any atom is -0.444 e. The summed E-state index contributed by atoms with van der Waals surface area (Å²) in [5, 5.41) is 12.0. The van der Waals surface area contributed by atoms with E-state index >= 15 is 0 Å². The first-order chi connectivity index (χ1) is 8.54. The molecule has 7 heteroatoms. The largest absolute Gasteiger partial charge is 0.444 e. The van der Waals surface area contributed by atoms with Crippen molar-refractivity contribution >= 4 is 38.3 Å². The molecular formula is C11H12BrN3O2S. The third kappa shape index (κ3) is 3.39. The molecule has 1 N–H and O–H groups in total. The number of aromatic nitrogens is 2. The second-order valence-corrected chi connectivity index (χ2v) is 6.00. The molecule has 0 aliphatic heterocycles. The maximum Gasteiger partial charge on any atom is 0.293 e. The molecule has 0 spiro atoms. The van der Waals surface area contributed by atoms with Gasteiger partial charge in [0.25, 0.3) is 5.91 Å². The summed E-state index contributed by atoms with van der Waals surface area (Å²) in [6.45, 7) is 4.22. The predicted octanol–water partition coefficient (Wildman–Crippen LogP) is 3.34. The van der Waals surface area contributed by atoms with Crippen LogP contribution in [0.5, 0.6) is 0 Å². The van der Waals surface area contributed by atoms with Crippen LogP contribution in [0.4, 0.5) is 5.13 Å². The molecular weight excluding hydrogens is 318 g/mol. The Morgan fingerprint density at radius 3 is 2.89 bits per heavy atom. The minimum atomic E-state index is -0.326. The fourth-order valence-electron chi connectivity index (χ4n) is 1.33. The molecule has 0 unspecified atom stereocenters. The fourth-order valence-corrected chi connectivity index (χ4v) is 2.58. The zero-order chi connectivity index (χ0) is 13.1. The number of furan rings is 1. The summed E-state index contributed by atoms with van der Waals surface area (Å²) in [5.41, 5.74) is 0. The number of nitrogens with one attached hydrogen (secondary N) is 1. The van der Waals surface area contributed by atoms with Gasteiger partial charge in [0.2, 0.25) is 5.13 Å². The van der Waals surface area contributed by atoms with E-state index in [1.54, 1.807) is 12.1 Å². The minimum absolute atomic E-state index is 0.238. The van der Waals surface area contributed by atoms with Crippen LogP contribution in [0.2, 0.25) is 0 Å². The lowest BCUT2D eigenvalue weighted by atomic mass is 10.1.